The molecule has 0 bridgehead atoms. The zero-order chi connectivity index (χ0) is 16.6. The van der Waals surface area contributed by atoms with E-state index in [-0.39, 0.29) is 5.41 Å². The van der Waals surface area contributed by atoms with Crippen molar-refractivity contribution in [2.45, 2.75) is 31.6 Å². The van der Waals surface area contributed by atoms with E-state index >= 15 is 0 Å². The summed E-state index contributed by atoms with van der Waals surface area (Å²) in [6.07, 6.45) is 1.21. The first-order valence-electron chi connectivity index (χ1n) is 8.73. The van der Waals surface area contributed by atoms with Crippen molar-refractivity contribution in [1.29, 1.82) is 0 Å². The van der Waals surface area contributed by atoms with Crippen LogP contribution < -0.4 is 0 Å². The summed E-state index contributed by atoms with van der Waals surface area (Å²) < 4.78 is 0. The van der Waals surface area contributed by atoms with Gasteiger partial charge in [-0.1, -0.05) is 98.8 Å². The van der Waals surface area contributed by atoms with Crippen LogP contribution in [0, 0.1) is 5.92 Å². The molecule has 24 heavy (non-hydrogen) atoms. The maximum Gasteiger partial charge on any atom is -0.00352 e. The third-order valence-electron chi connectivity index (χ3n) is 5.40. The van der Waals surface area contributed by atoms with Crippen LogP contribution in [-0.4, -0.2) is 0 Å². The van der Waals surface area contributed by atoms with Gasteiger partial charge in [0.2, 0.25) is 0 Å². The zero-order valence-electron chi connectivity index (χ0n) is 14.4. The van der Waals surface area contributed by atoms with Gasteiger partial charge in [0.25, 0.3) is 0 Å². The maximum absolute atomic E-state index is 2.36. The van der Waals surface area contributed by atoms with E-state index in [9.17, 15) is 0 Å². The second-order valence-electron chi connectivity index (χ2n) is 7.26. The van der Waals surface area contributed by atoms with Crippen LogP contribution in [0.15, 0.2) is 84.9 Å². The molecular weight excluding hydrogens is 288 g/mol. The second kappa shape index (κ2) is 5.94. The highest BCUT2D eigenvalue weighted by Crippen LogP contribution is 2.59. The summed E-state index contributed by atoms with van der Waals surface area (Å²) in [6.45, 7) is 4.71. The van der Waals surface area contributed by atoms with Gasteiger partial charge in [0, 0.05) is 0 Å². The summed E-state index contributed by atoms with van der Waals surface area (Å²) in [7, 11) is 0. The summed E-state index contributed by atoms with van der Waals surface area (Å²) in [5.74, 6) is 2.27. The molecule has 0 amide bonds. The van der Waals surface area contributed by atoms with Gasteiger partial charge in [0.15, 0.2) is 0 Å². The third kappa shape index (κ3) is 2.78. The Bertz CT molecular complexity index is 798. The predicted octanol–water partition coefficient (Wildman–Crippen LogP) is 6.39. The monoisotopic (exact) mass is 311 g/mol. The number of rotatable bonds is 4. The van der Waals surface area contributed by atoms with Crippen LogP contribution >= 0.6 is 0 Å². The Kier molecular flexibility index (Phi) is 3.76. The van der Waals surface area contributed by atoms with Crippen LogP contribution in [0.25, 0.3) is 11.1 Å². The lowest BCUT2D eigenvalue weighted by Gasteiger charge is -2.25. The highest BCUT2D eigenvalue weighted by atomic mass is 14.5. The van der Waals surface area contributed by atoms with E-state index < -0.39 is 0 Å². The van der Waals surface area contributed by atoms with Crippen LogP contribution in [0.2, 0.25) is 0 Å². The fourth-order valence-electron chi connectivity index (χ4n) is 3.75. The van der Waals surface area contributed by atoms with Gasteiger partial charge in [-0.15, -0.1) is 0 Å². The van der Waals surface area contributed by atoms with E-state index in [1.165, 1.54) is 28.7 Å². The van der Waals surface area contributed by atoms with Crippen LogP contribution in [-0.2, 0) is 5.41 Å². The molecule has 119 valence electrons. The summed E-state index contributed by atoms with van der Waals surface area (Å²) in [5, 5.41) is 0. The van der Waals surface area contributed by atoms with E-state index in [1.807, 2.05) is 0 Å². The molecule has 0 heterocycles. The van der Waals surface area contributed by atoms with Gasteiger partial charge >= 0.3 is 0 Å². The minimum absolute atomic E-state index is 0.157. The van der Waals surface area contributed by atoms with Crippen molar-refractivity contribution < 1.29 is 0 Å². The molecule has 1 aliphatic carbocycles. The maximum atomic E-state index is 2.36. The van der Waals surface area contributed by atoms with Crippen molar-refractivity contribution in [3.8, 4) is 11.1 Å². The van der Waals surface area contributed by atoms with Crippen molar-refractivity contribution in [3.63, 3.8) is 0 Å². The largest absolute Gasteiger partial charge is 0.0622 e. The molecule has 1 radical (unpaired) electrons. The molecule has 1 fully saturated rings. The molecule has 0 N–H and O–H groups in total. The highest BCUT2D eigenvalue weighted by molar-refractivity contribution is 5.64. The minimum Gasteiger partial charge on any atom is -0.0622 e. The molecule has 3 aromatic rings. The zero-order valence-corrected chi connectivity index (χ0v) is 14.4. The molecule has 1 aliphatic rings. The average molecular weight is 311 g/mol. The van der Waals surface area contributed by atoms with Gasteiger partial charge in [0.1, 0.15) is 0 Å². The number of hydrogen-bond acceptors (Lipinski definition) is 0. The number of benzene rings is 3. The summed E-state index contributed by atoms with van der Waals surface area (Å²) >= 11 is 0. The Balaban J connectivity index is 1.52. The normalized spacial score (nSPS) is 17.7. The fraction of sp³-hybridized carbons (Fsp3) is 0.208. The smallest absolute Gasteiger partial charge is 0.00352 e. The molecule has 0 nitrogen and oxygen atoms in total. The first-order chi connectivity index (χ1) is 11.7. The topological polar surface area (TPSA) is 0 Å². The molecule has 1 unspecified atom stereocenters. The highest BCUT2D eigenvalue weighted by Gasteiger charge is 2.49. The molecular formula is C24H23. The lowest BCUT2D eigenvalue weighted by atomic mass is 9.78. The summed E-state index contributed by atoms with van der Waals surface area (Å²) in [4.78, 5) is 0. The quantitative estimate of drug-likeness (QED) is 0.523. The lowest BCUT2D eigenvalue weighted by molar-refractivity contribution is 0.590. The van der Waals surface area contributed by atoms with Gasteiger partial charge in [-0.3, -0.25) is 0 Å². The van der Waals surface area contributed by atoms with E-state index in [4.69, 9.17) is 0 Å². The number of hydrogen-bond donors (Lipinski definition) is 0. The molecule has 1 saturated carbocycles. The summed E-state index contributed by atoms with van der Waals surface area (Å²) in [5.41, 5.74) is 5.61. The Hall–Kier alpha value is -2.34. The van der Waals surface area contributed by atoms with E-state index in [1.54, 1.807) is 5.92 Å². The Morgan fingerprint density at radius 1 is 0.667 bits per heavy atom. The van der Waals surface area contributed by atoms with Gasteiger partial charge in [-0.05, 0) is 45.9 Å². The van der Waals surface area contributed by atoms with Crippen molar-refractivity contribution in [3.05, 3.63) is 102 Å². The van der Waals surface area contributed by atoms with Gasteiger partial charge in [-0.2, -0.15) is 0 Å². The molecule has 4 rings (SSSR count). The van der Waals surface area contributed by atoms with Crippen LogP contribution in [0.4, 0.5) is 0 Å². The van der Waals surface area contributed by atoms with E-state index in [0.29, 0.717) is 5.92 Å². The molecule has 0 heteroatoms. The second-order valence-corrected chi connectivity index (χ2v) is 7.26. The van der Waals surface area contributed by atoms with Crippen molar-refractivity contribution in [2.75, 3.05) is 0 Å². The van der Waals surface area contributed by atoms with E-state index in [0.717, 1.165) is 0 Å². The lowest BCUT2D eigenvalue weighted by Crippen LogP contribution is -2.19. The van der Waals surface area contributed by atoms with Gasteiger partial charge in [0.05, 0.1) is 0 Å². The Labute approximate surface area is 145 Å². The SMILES string of the molecule is CC(C)([C]1CC1c1ccc(-c2ccccc2)cc1)c1ccccc1. The molecule has 3 aromatic carbocycles. The van der Waals surface area contributed by atoms with E-state index in [2.05, 4.69) is 98.8 Å². The van der Waals surface area contributed by atoms with Gasteiger partial charge < -0.3 is 0 Å². The molecule has 0 aromatic heterocycles. The predicted molar refractivity (Wildman–Crippen MR) is 102 cm³/mol. The van der Waals surface area contributed by atoms with Crippen molar-refractivity contribution in [2.24, 2.45) is 0 Å². The van der Waals surface area contributed by atoms with Crippen LogP contribution in [0.1, 0.15) is 37.3 Å². The Morgan fingerprint density at radius 3 is 1.83 bits per heavy atom. The molecule has 0 spiro atoms. The molecule has 0 aliphatic heterocycles. The van der Waals surface area contributed by atoms with Crippen LogP contribution in [0.3, 0.4) is 0 Å². The first kappa shape index (κ1) is 15.2. The fourth-order valence-corrected chi connectivity index (χ4v) is 3.75. The van der Waals surface area contributed by atoms with Crippen molar-refractivity contribution >= 4 is 0 Å². The van der Waals surface area contributed by atoms with Crippen molar-refractivity contribution in [1.82, 2.24) is 0 Å². The first-order valence-corrected chi connectivity index (χ1v) is 8.73. The molecule has 0 saturated heterocycles. The minimum atomic E-state index is 0.157. The Morgan fingerprint density at radius 2 is 1.21 bits per heavy atom. The van der Waals surface area contributed by atoms with Gasteiger partial charge in [-0.25, -0.2) is 0 Å². The standard InChI is InChI=1S/C24H23/c1-24(2,21-11-7-4-8-12-21)23-17-22(23)20-15-13-19(14-16-20)18-9-5-3-6-10-18/h3-16,22H,17H2,1-2H3. The van der Waals surface area contributed by atoms with Crippen LogP contribution in [0.5, 0.6) is 0 Å². The average Bonchev–Trinajstić information content (AvgIpc) is 3.45. The third-order valence-corrected chi connectivity index (χ3v) is 5.40. The summed E-state index contributed by atoms with van der Waals surface area (Å²) in [6, 6.07) is 30.6. The molecule has 1 atom stereocenters.